The van der Waals surface area contributed by atoms with Gasteiger partial charge in [0.05, 0.1) is 12.7 Å². The summed E-state index contributed by atoms with van der Waals surface area (Å²) in [4.78, 5) is 4.68. The van der Waals surface area contributed by atoms with E-state index >= 15 is 0 Å². The Morgan fingerprint density at radius 2 is 1.88 bits per heavy atom. The molecule has 0 heterocycles. The highest BCUT2D eigenvalue weighted by Crippen LogP contribution is 2.19. The molecule has 5 heteroatoms. The van der Waals surface area contributed by atoms with Crippen LogP contribution >= 0.6 is 0 Å². The van der Waals surface area contributed by atoms with Crippen LogP contribution in [0.2, 0.25) is 0 Å². The van der Waals surface area contributed by atoms with Gasteiger partial charge in [-0.15, -0.1) is 0 Å². The lowest BCUT2D eigenvalue weighted by molar-refractivity contribution is 0.0468. The molecule has 0 aromatic carbocycles. The third-order valence-electron chi connectivity index (χ3n) is 4.64. The Labute approximate surface area is 148 Å². The van der Waals surface area contributed by atoms with E-state index in [2.05, 4.69) is 29.5 Å². The molecule has 1 fully saturated rings. The van der Waals surface area contributed by atoms with Gasteiger partial charge in [-0.05, 0) is 38.5 Å². The van der Waals surface area contributed by atoms with Crippen molar-refractivity contribution in [3.63, 3.8) is 0 Å². The summed E-state index contributed by atoms with van der Waals surface area (Å²) in [5.74, 6) is 1.33. The summed E-state index contributed by atoms with van der Waals surface area (Å²) in [6.45, 7) is 7.67. The number of nitrogens with zero attached hydrogens (tertiary/aromatic N) is 1. The predicted octanol–water partition coefficient (Wildman–Crippen LogP) is 3.08. The molecule has 142 valence electrons. The third kappa shape index (κ3) is 10.1. The van der Waals surface area contributed by atoms with Gasteiger partial charge in [-0.2, -0.15) is 0 Å². The van der Waals surface area contributed by atoms with Crippen LogP contribution in [0.15, 0.2) is 4.99 Å². The lowest BCUT2D eigenvalue weighted by atomic mass is 10.0. The Morgan fingerprint density at radius 1 is 1.12 bits per heavy atom. The maximum Gasteiger partial charge on any atom is 0.191 e. The zero-order valence-corrected chi connectivity index (χ0v) is 15.9. The number of guanidine groups is 1. The molecule has 1 rings (SSSR count). The van der Waals surface area contributed by atoms with Gasteiger partial charge in [0, 0.05) is 26.2 Å². The van der Waals surface area contributed by atoms with Crippen molar-refractivity contribution in [3.8, 4) is 0 Å². The van der Waals surface area contributed by atoms with Gasteiger partial charge >= 0.3 is 0 Å². The second-order valence-electron chi connectivity index (χ2n) is 6.80. The molecular formula is C19H39N3O2. The number of hydrogen-bond donors (Lipinski definition) is 3. The molecule has 1 saturated carbocycles. The summed E-state index contributed by atoms with van der Waals surface area (Å²) in [6.07, 6.45) is 11.3. The fourth-order valence-electron chi connectivity index (χ4n) is 3.28. The fourth-order valence-corrected chi connectivity index (χ4v) is 3.28. The molecule has 3 N–H and O–H groups in total. The number of aliphatic hydroxyl groups excluding tert-OH is 1. The van der Waals surface area contributed by atoms with Crippen molar-refractivity contribution in [2.24, 2.45) is 10.9 Å². The normalized spacial score (nSPS) is 18.2. The van der Waals surface area contributed by atoms with E-state index in [1.165, 1.54) is 38.5 Å². The molecule has 0 radical (unpaired) electrons. The van der Waals surface area contributed by atoms with Crippen molar-refractivity contribution >= 4 is 5.96 Å². The van der Waals surface area contributed by atoms with Gasteiger partial charge in [0.25, 0.3) is 0 Å². The fraction of sp³-hybridized carbons (Fsp3) is 0.947. The second kappa shape index (κ2) is 14.5. The van der Waals surface area contributed by atoms with Gasteiger partial charge in [0.15, 0.2) is 5.96 Å². The molecule has 1 aliphatic rings. The van der Waals surface area contributed by atoms with Crippen LogP contribution in [0.4, 0.5) is 0 Å². The first-order valence-electron chi connectivity index (χ1n) is 10.0. The predicted molar refractivity (Wildman–Crippen MR) is 102 cm³/mol. The highest BCUT2D eigenvalue weighted by molar-refractivity contribution is 5.79. The number of nitrogens with one attached hydrogen (secondary N) is 2. The number of hydrogen-bond acceptors (Lipinski definition) is 3. The molecule has 0 bridgehead atoms. The molecule has 0 aromatic heterocycles. The van der Waals surface area contributed by atoms with E-state index in [0.29, 0.717) is 12.0 Å². The van der Waals surface area contributed by atoms with Crippen LogP contribution in [0.5, 0.6) is 0 Å². The number of ether oxygens (including phenoxy) is 1. The van der Waals surface area contributed by atoms with Crippen LogP contribution in [0.1, 0.15) is 71.6 Å². The van der Waals surface area contributed by atoms with Crippen molar-refractivity contribution in [2.45, 2.75) is 77.7 Å². The van der Waals surface area contributed by atoms with Crippen molar-refractivity contribution in [1.82, 2.24) is 10.6 Å². The van der Waals surface area contributed by atoms with E-state index in [0.717, 1.165) is 51.5 Å². The van der Waals surface area contributed by atoms with E-state index in [1.54, 1.807) is 0 Å². The quantitative estimate of drug-likeness (QED) is 0.234. The Balaban J connectivity index is 2.28. The van der Waals surface area contributed by atoms with Gasteiger partial charge < -0.3 is 20.5 Å². The van der Waals surface area contributed by atoms with E-state index in [9.17, 15) is 0 Å². The minimum absolute atomic E-state index is 0.249. The number of aliphatic hydroxyl groups is 1. The first-order chi connectivity index (χ1) is 11.8. The van der Waals surface area contributed by atoms with Crippen LogP contribution in [0.3, 0.4) is 0 Å². The standard InChI is InChI=1S/C19H39N3O2/c1-3-9-17(12-14-23)16-22-19(20-4-2)21-13-15-24-18-10-7-5-6-8-11-18/h17-18,23H,3-16H2,1-2H3,(H2,20,21,22). The lowest BCUT2D eigenvalue weighted by Gasteiger charge is -2.17. The summed E-state index contributed by atoms with van der Waals surface area (Å²) < 4.78 is 6.02. The largest absolute Gasteiger partial charge is 0.396 e. The van der Waals surface area contributed by atoms with Crippen LogP contribution < -0.4 is 10.6 Å². The van der Waals surface area contributed by atoms with E-state index in [4.69, 9.17) is 9.84 Å². The van der Waals surface area contributed by atoms with Crippen molar-refractivity contribution in [2.75, 3.05) is 32.8 Å². The summed E-state index contributed by atoms with van der Waals surface area (Å²) in [6, 6.07) is 0. The molecule has 0 aromatic rings. The molecule has 1 atom stereocenters. The van der Waals surface area contributed by atoms with Crippen LogP contribution in [-0.4, -0.2) is 50.0 Å². The summed E-state index contributed by atoms with van der Waals surface area (Å²) in [5, 5.41) is 15.8. The Bertz CT molecular complexity index is 310. The second-order valence-corrected chi connectivity index (χ2v) is 6.80. The molecule has 1 unspecified atom stereocenters. The molecule has 0 aliphatic heterocycles. The maximum absolute atomic E-state index is 9.15. The first-order valence-corrected chi connectivity index (χ1v) is 10.0. The van der Waals surface area contributed by atoms with Gasteiger partial charge in [-0.3, -0.25) is 4.99 Å². The van der Waals surface area contributed by atoms with Gasteiger partial charge in [0.1, 0.15) is 0 Å². The first kappa shape index (κ1) is 21.2. The lowest BCUT2D eigenvalue weighted by Crippen LogP contribution is -2.39. The average Bonchev–Trinajstić information content (AvgIpc) is 2.85. The van der Waals surface area contributed by atoms with E-state index < -0.39 is 0 Å². The summed E-state index contributed by atoms with van der Waals surface area (Å²) in [7, 11) is 0. The minimum Gasteiger partial charge on any atom is -0.396 e. The molecule has 5 nitrogen and oxygen atoms in total. The third-order valence-corrected chi connectivity index (χ3v) is 4.64. The SMILES string of the molecule is CCCC(CCO)CN=C(NCC)NCCOC1CCCCCC1. The van der Waals surface area contributed by atoms with Crippen molar-refractivity contribution in [3.05, 3.63) is 0 Å². The highest BCUT2D eigenvalue weighted by Gasteiger charge is 2.12. The van der Waals surface area contributed by atoms with Crippen LogP contribution in [0.25, 0.3) is 0 Å². The van der Waals surface area contributed by atoms with Crippen LogP contribution in [-0.2, 0) is 4.74 Å². The molecular weight excluding hydrogens is 302 g/mol. The number of aliphatic imine (C=N–C) groups is 1. The molecule has 0 spiro atoms. The topological polar surface area (TPSA) is 65.9 Å². The smallest absolute Gasteiger partial charge is 0.191 e. The van der Waals surface area contributed by atoms with Gasteiger partial charge in [-0.1, -0.05) is 39.0 Å². The average molecular weight is 342 g/mol. The summed E-state index contributed by atoms with van der Waals surface area (Å²) >= 11 is 0. The van der Waals surface area contributed by atoms with Crippen LogP contribution in [0, 0.1) is 5.92 Å². The maximum atomic E-state index is 9.15. The monoisotopic (exact) mass is 341 g/mol. The molecule has 24 heavy (non-hydrogen) atoms. The molecule has 0 saturated heterocycles. The Kier molecular flexibility index (Phi) is 12.9. The Morgan fingerprint density at radius 3 is 2.50 bits per heavy atom. The Hall–Kier alpha value is -0.810. The summed E-state index contributed by atoms with van der Waals surface area (Å²) in [5.41, 5.74) is 0. The molecule has 1 aliphatic carbocycles. The van der Waals surface area contributed by atoms with Crippen molar-refractivity contribution < 1.29 is 9.84 Å². The number of rotatable bonds is 11. The van der Waals surface area contributed by atoms with E-state index in [-0.39, 0.29) is 6.61 Å². The van der Waals surface area contributed by atoms with E-state index in [1.807, 2.05) is 0 Å². The zero-order valence-electron chi connectivity index (χ0n) is 15.9. The zero-order chi connectivity index (χ0) is 17.5. The minimum atomic E-state index is 0.249. The highest BCUT2D eigenvalue weighted by atomic mass is 16.5. The van der Waals surface area contributed by atoms with Gasteiger partial charge in [0.2, 0.25) is 0 Å². The molecule has 0 amide bonds. The van der Waals surface area contributed by atoms with Gasteiger partial charge in [-0.25, -0.2) is 0 Å². The van der Waals surface area contributed by atoms with Crippen molar-refractivity contribution in [1.29, 1.82) is 0 Å².